The smallest absolute Gasteiger partial charge is 0.0701 e. The molecule has 1 aromatic rings. The summed E-state index contributed by atoms with van der Waals surface area (Å²) in [5.41, 5.74) is 5.34. The van der Waals surface area contributed by atoms with E-state index < -0.39 is 8.07 Å². The molecule has 1 aromatic carbocycles. The third-order valence-corrected chi connectivity index (χ3v) is 8.09. The second-order valence-electron chi connectivity index (χ2n) is 8.22. The second-order valence-corrected chi connectivity index (χ2v) is 15.1. The van der Waals surface area contributed by atoms with Crippen molar-refractivity contribution in [2.75, 3.05) is 13.1 Å². The first-order valence-corrected chi connectivity index (χ1v) is 13.8. The van der Waals surface area contributed by atoms with Gasteiger partial charge in [0.15, 0.2) is 0 Å². The first kappa shape index (κ1) is 19.0. The molecule has 0 amide bonds. The van der Waals surface area contributed by atoms with Crippen molar-refractivity contribution in [3.05, 3.63) is 69.8 Å². The number of benzene rings is 1. The van der Waals surface area contributed by atoms with Crippen molar-refractivity contribution in [2.24, 2.45) is 0 Å². The second kappa shape index (κ2) is 7.48. The maximum absolute atomic E-state index is 6.36. The zero-order valence-corrected chi connectivity index (χ0v) is 18.1. The highest BCUT2D eigenvalue weighted by Crippen LogP contribution is 2.52. The van der Waals surface area contributed by atoms with Gasteiger partial charge in [-0.05, 0) is 36.1 Å². The van der Waals surface area contributed by atoms with Gasteiger partial charge in [0, 0.05) is 34.3 Å². The molecule has 0 aromatic heterocycles. The van der Waals surface area contributed by atoms with E-state index in [4.69, 9.17) is 11.6 Å². The van der Waals surface area contributed by atoms with Gasteiger partial charge < -0.3 is 0 Å². The Bertz CT molecular complexity index is 719. The van der Waals surface area contributed by atoms with Gasteiger partial charge in [-0.15, -0.1) is 18.3 Å². The highest BCUT2D eigenvalue weighted by atomic mass is 35.5. The Hall–Kier alpha value is -0.743. The van der Waals surface area contributed by atoms with Crippen molar-refractivity contribution in [2.45, 2.75) is 43.8 Å². The van der Waals surface area contributed by atoms with Crippen LogP contribution in [0.3, 0.4) is 0 Å². The van der Waals surface area contributed by atoms with Gasteiger partial charge in [0.2, 0.25) is 0 Å². The van der Waals surface area contributed by atoms with Gasteiger partial charge in [-0.2, -0.15) is 0 Å². The fraction of sp³-hybridized carbons (Fsp3) is 0.429. The molecular weight excluding hydrogens is 362 g/mol. The minimum atomic E-state index is -1.21. The molecule has 0 N–H and O–H groups in total. The molecule has 0 spiro atoms. The number of nitrogens with zero attached hydrogens (tertiary/aromatic N) is 1. The van der Waals surface area contributed by atoms with Crippen LogP contribution in [-0.2, 0) is 6.54 Å². The third kappa shape index (κ3) is 4.51. The Balaban J connectivity index is 1.81. The van der Waals surface area contributed by atoms with Gasteiger partial charge in [0.25, 0.3) is 0 Å². The molecule has 1 nitrogen and oxygen atoms in total. The third-order valence-electron chi connectivity index (χ3n) is 4.84. The van der Waals surface area contributed by atoms with E-state index in [1.165, 1.54) is 16.9 Å². The summed E-state index contributed by atoms with van der Waals surface area (Å²) in [6.45, 7) is 14.3. The number of hydrogen-bond donors (Lipinski definition) is 0. The molecule has 1 fully saturated rings. The van der Waals surface area contributed by atoms with Crippen LogP contribution in [0, 0.1) is 0 Å². The van der Waals surface area contributed by atoms with Crippen molar-refractivity contribution in [3.8, 4) is 0 Å². The lowest BCUT2D eigenvalue weighted by Crippen LogP contribution is -2.42. The lowest BCUT2D eigenvalue weighted by Gasteiger charge is -2.40. The Morgan fingerprint density at radius 2 is 2.08 bits per heavy atom. The van der Waals surface area contributed by atoms with Gasteiger partial charge >= 0.3 is 0 Å². The van der Waals surface area contributed by atoms with Crippen molar-refractivity contribution in [1.82, 2.24) is 4.90 Å². The maximum atomic E-state index is 6.36. The molecule has 1 saturated heterocycles. The van der Waals surface area contributed by atoms with Gasteiger partial charge in [-0.1, -0.05) is 61.2 Å². The summed E-state index contributed by atoms with van der Waals surface area (Å²) >= 11 is 8.45. The molecule has 0 saturated carbocycles. The SMILES string of the molecule is C=CCC12CCN(Cc3ccccc3Cl)CC1=C/C(=C/[Si](C)(C)C)S2. The van der Waals surface area contributed by atoms with E-state index in [0.29, 0.717) is 0 Å². The van der Waals surface area contributed by atoms with E-state index in [0.717, 1.165) is 31.1 Å². The van der Waals surface area contributed by atoms with E-state index >= 15 is 0 Å². The first-order chi connectivity index (χ1) is 11.8. The molecule has 2 aliphatic rings. The van der Waals surface area contributed by atoms with Gasteiger partial charge in [0.05, 0.1) is 8.07 Å². The first-order valence-electron chi connectivity index (χ1n) is 9.01. The molecule has 3 rings (SSSR count). The molecule has 1 atom stereocenters. The predicted octanol–water partition coefficient (Wildman–Crippen LogP) is 6.30. The van der Waals surface area contributed by atoms with Crippen LogP contribution >= 0.6 is 23.4 Å². The minimum absolute atomic E-state index is 0.240. The monoisotopic (exact) mass is 389 g/mol. The number of likely N-dealkylation sites (tertiary alicyclic amines) is 1. The van der Waals surface area contributed by atoms with E-state index in [-0.39, 0.29) is 4.75 Å². The summed E-state index contributed by atoms with van der Waals surface area (Å²) in [7, 11) is -1.21. The van der Waals surface area contributed by atoms with E-state index in [1.54, 1.807) is 5.57 Å². The lowest BCUT2D eigenvalue weighted by molar-refractivity contribution is 0.238. The molecule has 25 heavy (non-hydrogen) atoms. The molecule has 1 unspecified atom stereocenters. The summed E-state index contributed by atoms with van der Waals surface area (Å²) in [6, 6.07) is 8.21. The molecule has 2 heterocycles. The van der Waals surface area contributed by atoms with Crippen LogP contribution in [0.1, 0.15) is 18.4 Å². The van der Waals surface area contributed by atoms with Gasteiger partial charge in [0.1, 0.15) is 0 Å². The largest absolute Gasteiger partial charge is 0.295 e. The maximum Gasteiger partial charge on any atom is 0.0701 e. The molecule has 0 radical (unpaired) electrons. The minimum Gasteiger partial charge on any atom is -0.295 e. The van der Waals surface area contributed by atoms with Crippen molar-refractivity contribution in [3.63, 3.8) is 0 Å². The van der Waals surface area contributed by atoms with Crippen LogP contribution in [0.2, 0.25) is 24.7 Å². The van der Waals surface area contributed by atoms with E-state index in [2.05, 4.69) is 72.9 Å². The average Bonchev–Trinajstić information content (AvgIpc) is 2.85. The van der Waals surface area contributed by atoms with E-state index in [1.807, 2.05) is 12.1 Å². The highest BCUT2D eigenvalue weighted by molar-refractivity contribution is 8.05. The van der Waals surface area contributed by atoms with Crippen LogP contribution in [0.15, 0.2) is 59.2 Å². The van der Waals surface area contributed by atoms with Crippen LogP contribution in [-0.4, -0.2) is 30.8 Å². The van der Waals surface area contributed by atoms with Crippen LogP contribution in [0.5, 0.6) is 0 Å². The van der Waals surface area contributed by atoms with Gasteiger partial charge in [-0.3, -0.25) is 4.90 Å². The molecule has 0 bridgehead atoms. The Morgan fingerprint density at radius 1 is 1.32 bits per heavy atom. The topological polar surface area (TPSA) is 3.24 Å². The van der Waals surface area contributed by atoms with Crippen molar-refractivity contribution in [1.29, 1.82) is 0 Å². The fourth-order valence-corrected chi connectivity index (χ4v) is 7.42. The summed E-state index contributed by atoms with van der Waals surface area (Å²) < 4.78 is 0.240. The zero-order valence-electron chi connectivity index (χ0n) is 15.5. The van der Waals surface area contributed by atoms with Crippen LogP contribution in [0.4, 0.5) is 0 Å². The van der Waals surface area contributed by atoms with Crippen molar-refractivity contribution < 1.29 is 0 Å². The predicted molar refractivity (Wildman–Crippen MR) is 116 cm³/mol. The number of halogens is 1. The summed E-state index contributed by atoms with van der Waals surface area (Å²) in [5, 5.41) is 0.875. The Labute approximate surface area is 162 Å². The molecule has 4 heteroatoms. The molecule has 2 aliphatic heterocycles. The van der Waals surface area contributed by atoms with Gasteiger partial charge in [-0.25, -0.2) is 0 Å². The quantitative estimate of drug-likeness (QED) is 0.429. The standard InChI is InChI=1S/C21H28ClNSSi/c1-5-10-21-11-12-23(14-17-8-6-7-9-20(17)22)15-18(21)13-19(24-21)16-25(2,3)4/h5-9,13,16H,1,10-12,14-15H2,2-4H3/b19-16-. The lowest BCUT2D eigenvalue weighted by atomic mass is 9.87. The number of fused-ring (bicyclic) bond motifs is 1. The zero-order chi connectivity index (χ0) is 18.1. The number of allylic oxidation sites excluding steroid dienone is 2. The highest BCUT2D eigenvalue weighted by Gasteiger charge is 2.42. The van der Waals surface area contributed by atoms with Crippen LogP contribution < -0.4 is 0 Å². The van der Waals surface area contributed by atoms with Crippen molar-refractivity contribution >= 4 is 31.4 Å². The molecular formula is C21H28ClNSSi. The Morgan fingerprint density at radius 3 is 2.76 bits per heavy atom. The normalized spacial score (nSPS) is 25.8. The number of piperidine rings is 1. The number of thioether (sulfide) groups is 1. The average molecular weight is 390 g/mol. The Kier molecular flexibility index (Phi) is 5.69. The molecule has 134 valence electrons. The summed E-state index contributed by atoms with van der Waals surface area (Å²) in [5.74, 6) is 0. The van der Waals surface area contributed by atoms with Crippen LogP contribution in [0.25, 0.3) is 0 Å². The fourth-order valence-electron chi connectivity index (χ4n) is 3.69. The molecule has 0 aliphatic carbocycles. The van der Waals surface area contributed by atoms with E-state index in [9.17, 15) is 0 Å². The summed E-state index contributed by atoms with van der Waals surface area (Å²) in [4.78, 5) is 4.02. The number of rotatable bonds is 5. The summed E-state index contributed by atoms with van der Waals surface area (Å²) in [6.07, 6.45) is 6.81. The number of hydrogen-bond acceptors (Lipinski definition) is 2.